The highest BCUT2D eigenvalue weighted by molar-refractivity contribution is 9.10. The fourth-order valence-electron chi connectivity index (χ4n) is 1.67. The minimum absolute atomic E-state index is 0.0501. The first-order valence-electron chi connectivity index (χ1n) is 5.81. The van der Waals surface area contributed by atoms with Crippen LogP contribution in [-0.4, -0.2) is 13.0 Å². The van der Waals surface area contributed by atoms with E-state index in [9.17, 15) is 13.6 Å². The molecular weight excluding hydrogens is 346 g/mol. The molecule has 0 aromatic heterocycles. The number of nitrogens with one attached hydrogen (secondary N) is 1. The highest BCUT2D eigenvalue weighted by Crippen LogP contribution is 2.26. The Kier molecular flexibility index (Phi) is 4.42. The topological polar surface area (TPSA) is 64.3 Å². The van der Waals surface area contributed by atoms with Crippen LogP contribution in [0.3, 0.4) is 0 Å². The third-order valence-electron chi connectivity index (χ3n) is 2.75. The van der Waals surface area contributed by atoms with Gasteiger partial charge in [0.05, 0.1) is 23.0 Å². The number of hydrogen-bond acceptors (Lipinski definition) is 3. The maximum Gasteiger partial charge on any atom is 0.255 e. The second-order valence-electron chi connectivity index (χ2n) is 4.16. The maximum absolute atomic E-state index is 13.6. The summed E-state index contributed by atoms with van der Waals surface area (Å²) in [6.07, 6.45) is 0. The molecule has 0 heterocycles. The predicted molar refractivity (Wildman–Crippen MR) is 79.4 cm³/mol. The lowest BCUT2D eigenvalue weighted by Gasteiger charge is -2.10. The number of rotatable bonds is 3. The van der Waals surface area contributed by atoms with Crippen molar-refractivity contribution in [3.8, 4) is 5.75 Å². The Labute approximate surface area is 128 Å². The molecule has 0 saturated heterocycles. The van der Waals surface area contributed by atoms with Crippen LogP contribution < -0.4 is 15.8 Å². The largest absolute Gasteiger partial charge is 0.495 e. The van der Waals surface area contributed by atoms with E-state index in [2.05, 4.69) is 21.2 Å². The predicted octanol–water partition coefficient (Wildman–Crippen LogP) is 3.57. The molecule has 0 unspecified atom stereocenters. The lowest BCUT2D eigenvalue weighted by molar-refractivity contribution is 0.102. The van der Waals surface area contributed by atoms with E-state index in [1.54, 1.807) is 0 Å². The molecule has 0 aliphatic carbocycles. The van der Waals surface area contributed by atoms with Crippen molar-refractivity contribution in [1.29, 1.82) is 0 Å². The number of nitrogens with two attached hydrogens (primary N) is 1. The van der Waals surface area contributed by atoms with Gasteiger partial charge >= 0.3 is 0 Å². The second kappa shape index (κ2) is 6.09. The molecule has 0 radical (unpaired) electrons. The van der Waals surface area contributed by atoms with Gasteiger partial charge in [-0.15, -0.1) is 0 Å². The van der Waals surface area contributed by atoms with Crippen LogP contribution >= 0.6 is 15.9 Å². The highest BCUT2D eigenvalue weighted by atomic mass is 79.9. The van der Waals surface area contributed by atoms with E-state index >= 15 is 0 Å². The summed E-state index contributed by atoms with van der Waals surface area (Å²) in [7, 11) is 1.42. The van der Waals surface area contributed by atoms with E-state index in [-0.39, 0.29) is 15.7 Å². The molecular formula is C14H11BrF2N2O2. The Bertz CT molecular complexity index is 708. The van der Waals surface area contributed by atoms with Crippen molar-refractivity contribution in [2.24, 2.45) is 0 Å². The van der Waals surface area contributed by atoms with Gasteiger partial charge in [0.1, 0.15) is 17.4 Å². The first-order valence-corrected chi connectivity index (χ1v) is 6.61. The molecule has 0 atom stereocenters. The highest BCUT2D eigenvalue weighted by Gasteiger charge is 2.13. The van der Waals surface area contributed by atoms with Gasteiger partial charge in [-0.1, -0.05) is 0 Å². The van der Waals surface area contributed by atoms with E-state index in [0.717, 1.165) is 6.07 Å². The van der Waals surface area contributed by atoms with Gasteiger partial charge in [0.25, 0.3) is 5.91 Å². The molecule has 0 fully saturated rings. The molecule has 0 bridgehead atoms. The molecule has 4 nitrogen and oxygen atoms in total. The van der Waals surface area contributed by atoms with E-state index in [1.165, 1.54) is 25.3 Å². The number of carbonyl (C=O) groups is 1. The third kappa shape index (κ3) is 3.30. The summed E-state index contributed by atoms with van der Waals surface area (Å²) in [4.78, 5) is 12.1. The number of ether oxygens (including phenoxy) is 1. The molecule has 2 aromatic rings. The molecule has 0 aliphatic heterocycles. The van der Waals surface area contributed by atoms with Crippen molar-refractivity contribution in [1.82, 2.24) is 0 Å². The summed E-state index contributed by atoms with van der Waals surface area (Å²) in [5.41, 5.74) is 6.13. The van der Waals surface area contributed by atoms with E-state index in [1.807, 2.05) is 0 Å². The van der Waals surface area contributed by atoms with Gasteiger partial charge < -0.3 is 15.8 Å². The normalized spacial score (nSPS) is 10.3. The molecule has 0 saturated carbocycles. The second-order valence-corrected chi connectivity index (χ2v) is 5.01. The van der Waals surface area contributed by atoms with Crippen molar-refractivity contribution in [3.63, 3.8) is 0 Å². The van der Waals surface area contributed by atoms with Crippen LogP contribution in [0.1, 0.15) is 10.4 Å². The summed E-state index contributed by atoms with van der Waals surface area (Å²) in [6, 6.07) is 6.25. The fraction of sp³-hybridized carbons (Fsp3) is 0.0714. The fourth-order valence-corrected chi connectivity index (χ4v) is 2.01. The Balaban J connectivity index is 2.28. The number of methoxy groups -OCH3 is 1. The molecule has 1 amide bonds. The van der Waals surface area contributed by atoms with Crippen LogP contribution in [0.15, 0.2) is 34.8 Å². The average Bonchev–Trinajstić information content (AvgIpc) is 2.45. The molecule has 2 rings (SSSR count). The van der Waals surface area contributed by atoms with Crippen LogP contribution in [0.25, 0.3) is 0 Å². The maximum atomic E-state index is 13.6. The molecule has 2 aromatic carbocycles. The van der Waals surface area contributed by atoms with Crippen LogP contribution in [0.5, 0.6) is 5.75 Å². The molecule has 21 heavy (non-hydrogen) atoms. The van der Waals surface area contributed by atoms with Crippen LogP contribution in [0.2, 0.25) is 0 Å². The molecule has 0 spiro atoms. The first kappa shape index (κ1) is 15.2. The van der Waals surface area contributed by atoms with E-state index in [0.29, 0.717) is 17.5 Å². The van der Waals surface area contributed by atoms with Crippen LogP contribution in [0, 0.1) is 11.6 Å². The van der Waals surface area contributed by atoms with Crippen LogP contribution in [0.4, 0.5) is 20.2 Å². The zero-order valence-corrected chi connectivity index (χ0v) is 12.5. The zero-order chi connectivity index (χ0) is 15.6. The monoisotopic (exact) mass is 356 g/mol. The molecule has 3 N–H and O–H groups in total. The number of hydrogen-bond donors (Lipinski definition) is 2. The minimum Gasteiger partial charge on any atom is -0.495 e. The molecule has 0 aliphatic rings. The van der Waals surface area contributed by atoms with Gasteiger partial charge in [0.2, 0.25) is 0 Å². The van der Waals surface area contributed by atoms with Gasteiger partial charge in [-0.05, 0) is 40.2 Å². The zero-order valence-electron chi connectivity index (χ0n) is 10.9. The van der Waals surface area contributed by atoms with Gasteiger partial charge in [0.15, 0.2) is 0 Å². The van der Waals surface area contributed by atoms with Crippen molar-refractivity contribution in [3.05, 3.63) is 52.0 Å². The quantitative estimate of drug-likeness (QED) is 0.652. The number of amides is 1. The summed E-state index contributed by atoms with van der Waals surface area (Å²) < 4.78 is 31.8. The third-order valence-corrected chi connectivity index (χ3v) is 3.36. The van der Waals surface area contributed by atoms with Gasteiger partial charge in [-0.2, -0.15) is 0 Å². The van der Waals surface area contributed by atoms with Gasteiger partial charge in [-0.25, -0.2) is 8.78 Å². The Morgan fingerprint density at radius 3 is 2.62 bits per heavy atom. The summed E-state index contributed by atoms with van der Waals surface area (Å²) in [5.74, 6) is -1.85. The van der Waals surface area contributed by atoms with E-state index < -0.39 is 17.5 Å². The SMILES string of the molecule is COc1cc(C(=O)Nc2cc(Br)c(F)cc2F)ccc1N. The smallest absolute Gasteiger partial charge is 0.255 e. The Morgan fingerprint density at radius 2 is 1.95 bits per heavy atom. The van der Waals surface area contributed by atoms with Crippen LogP contribution in [-0.2, 0) is 0 Å². The number of nitrogen functional groups attached to an aromatic ring is 1. The van der Waals surface area contributed by atoms with E-state index in [4.69, 9.17) is 10.5 Å². The van der Waals surface area contributed by atoms with Gasteiger partial charge in [-0.3, -0.25) is 4.79 Å². The first-order chi connectivity index (χ1) is 9.92. The molecule has 110 valence electrons. The standard InChI is InChI=1S/C14H11BrF2N2O2/c1-21-13-4-7(2-3-11(13)18)14(20)19-12-5-8(15)9(16)6-10(12)17/h2-6H,18H2,1H3,(H,19,20). The number of anilines is 2. The lowest BCUT2D eigenvalue weighted by atomic mass is 10.1. The average molecular weight is 357 g/mol. The molecule has 7 heteroatoms. The summed E-state index contributed by atoms with van der Waals surface area (Å²) in [5, 5.41) is 2.36. The minimum atomic E-state index is -0.869. The number of carbonyl (C=O) groups excluding carboxylic acids is 1. The van der Waals surface area contributed by atoms with Gasteiger partial charge in [0, 0.05) is 11.6 Å². The summed E-state index contributed by atoms with van der Waals surface area (Å²) >= 11 is 2.93. The number of benzene rings is 2. The lowest BCUT2D eigenvalue weighted by Crippen LogP contribution is -2.13. The Morgan fingerprint density at radius 1 is 1.24 bits per heavy atom. The van der Waals surface area contributed by atoms with Crippen molar-refractivity contribution >= 4 is 33.2 Å². The van der Waals surface area contributed by atoms with Crippen molar-refractivity contribution in [2.75, 3.05) is 18.2 Å². The Hall–Kier alpha value is -2.15. The van der Waals surface area contributed by atoms with Crippen molar-refractivity contribution < 1.29 is 18.3 Å². The number of halogens is 3. The van der Waals surface area contributed by atoms with Crippen molar-refractivity contribution in [2.45, 2.75) is 0 Å². The summed E-state index contributed by atoms with van der Waals surface area (Å²) in [6.45, 7) is 0.